The van der Waals surface area contributed by atoms with Crippen LogP contribution in [0.2, 0.25) is 0 Å². The first-order valence-corrected chi connectivity index (χ1v) is 11.8. The highest BCUT2D eigenvalue weighted by molar-refractivity contribution is 7.09. The molecule has 5 aromatic rings. The number of esters is 1. The molecule has 0 aliphatic carbocycles. The number of carbonyl (C=O) groups is 2. The number of aromatic nitrogens is 1. The maximum Gasteiger partial charge on any atom is 0.310 e. The van der Waals surface area contributed by atoms with Crippen molar-refractivity contribution in [1.82, 2.24) is 10.3 Å². The highest BCUT2D eigenvalue weighted by atomic mass is 32.1. The number of carbonyl (C=O) groups excluding carboxylic acids is 2. The zero-order valence-corrected chi connectivity index (χ0v) is 19.1. The number of nitrogens with one attached hydrogen (secondary N) is 1. The molecule has 0 fully saturated rings. The van der Waals surface area contributed by atoms with Gasteiger partial charge in [-0.3, -0.25) is 9.59 Å². The Labute approximate surface area is 200 Å². The number of hydrogen-bond acceptors (Lipinski definition) is 6. The molecule has 6 nitrogen and oxygen atoms in total. The Bertz CT molecular complexity index is 1460. The number of rotatable bonds is 8. The normalized spacial score (nSPS) is 11.1. The summed E-state index contributed by atoms with van der Waals surface area (Å²) in [7, 11) is 0. The lowest BCUT2D eigenvalue weighted by Gasteiger charge is -2.04. The lowest BCUT2D eigenvalue weighted by Crippen LogP contribution is -2.24. The molecule has 7 heteroatoms. The van der Waals surface area contributed by atoms with Crippen LogP contribution >= 0.6 is 11.3 Å². The van der Waals surface area contributed by atoms with Crippen LogP contribution in [0.15, 0.2) is 82.8 Å². The van der Waals surface area contributed by atoms with Crippen molar-refractivity contribution >= 4 is 45.0 Å². The first kappa shape index (κ1) is 21.9. The van der Waals surface area contributed by atoms with Gasteiger partial charge in [-0.15, -0.1) is 11.3 Å². The van der Waals surface area contributed by atoms with Crippen molar-refractivity contribution in [3.05, 3.63) is 100 Å². The zero-order valence-electron chi connectivity index (χ0n) is 18.3. The van der Waals surface area contributed by atoms with Gasteiger partial charge < -0.3 is 14.5 Å². The van der Waals surface area contributed by atoms with E-state index in [1.165, 1.54) is 11.3 Å². The molecule has 2 aromatic heterocycles. The minimum atomic E-state index is -0.356. The maximum atomic E-state index is 12.5. The number of ether oxygens (including phenoxy) is 1. The molecule has 0 spiro atoms. The van der Waals surface area contributed by atoms with Crippen LogP contribution in [0.5, 0.6) is 0 Å². The summed E-state index contributed by atoms with van der Waals surface area (Å²) in [5.41, 5.74) is 3.22. The summed E-state index contributed by atoms with van der Waals surface area (Å²) < 4.78 is 11.1. The van der Waals surface area contributed by atoms with Gasteiger partial charge in [0.2, 0.25) is 5.91 Å². The summed E-state index contributed by atoms with van der Waals surface area (Å²) in [4.78, 5) is 29.1. The molecule has 2 heterocycles. The second kappa shape index (κ2) is 9.89. The van der Waals surface area contributed by atoms with Crippen LogP contribution in [0.3, 0.4) is 0 Å². The van der Waals surface area contributed by atoms with Gasteiger partial charge in [0.25, 0.3) is 0 Å². The molecule has 1 N–H and O–H groups in total. The smallest absolute Gasteiger partial charge is 0.310 e. The molecule has 0 bridgehead atoms. The van der Waals surface area contributed by atoms with Gasteiger partial charge in [-0.05, 0) is 22.4 Å². The first-order chi connectivity index (χ1) is 16.7. The molecule has 1 amide bonds. The third-order valence-electron chi connectivity index (χ3n) is 5.50. The fraction of sp³-hybridized carbons (Fsp3) is 0.148. The second-order valence-electron chi connectivity index (χ2n) is 7.93. The van der Waals surface area contributed by atoms with Crippen LogP contribution in [-0.2, 0) is 40.3 Å². The van der Waals surface area contributed by atoms with Crippen LogP contribution in [0.1, 0.15) is 21.8 Å². The quantitative estimate of drug-likeness (QED) is 0.316. The summed E-state index contributed by atoms with van der Waals surface area (Å²) in [5.74, 6) is -0.452. The summed E-state index contributed by atoms with van der Waals surface area (Å²) in [6.07, 6.45) is 1.92. The van der Waals surface area contributed by atoms with Gasteiger partial charge in [0.1, 0.15) is 17.2 Å². The van der Waals surface area contributed by atoms with Crippen molar-refractivity contribution in [2.45, 2.75) is 26.0 Å². The standard InChI is InChI=1S/C27H22N2O4S/c30-24(28-14-18-6-2-1-3-7-18)13-25-29-21(17-34-25)16-33-26(31)12-20-15-32-23-11-10-19-8-4-5-9-22(19)27(20)23/h1-11,15,17H,12-14,16H2,(H,28,30). The van der Waals surface area contributed by atoms with Gasteiger partial charge in [0.05, 0.1) is 24.8 Å². The van der Waals surface area contributed by atoms with Gasteiger partial charge in [0, 0.05) is 22.9 Å². The minimum absolute atomic E-state index is 0.0670. The van der Waals surface area contributed by atoms with Gasteiger partial charge in [-0.25, -0.2) is 4.98 Å². The maximum absolute atomic E-state index is 12.5. The van der Waals surface area contributed by atoms with E-state index < -0.39 is 0 Å². The average Bonchev–Trinajstić information content (AvgIpc) is 3.49. The highest BCUT2D eigenvalue weighted by Gasteiger charge is 2.15. The topological polar surface area (TPSA) is 81.4 Å². The van der Waals surface area contributed by atoms with Crippen LogP contribution in [0, 0.1) is 0 Å². The fourth-order valence-corrected chi connectivity index (χ4v) is 4.64. The molecule has 0 saturated carbocycles. The molecular formula is C27H22N2O4S. The second-order valence-corrected chi connectivity index (χ2v) is 8.87. The summed E-state index contributed by atoms with van der Waals surface area (Å²) >= 11 is 1.38. The van der Waals surface area contributed by atoms with Crippen LogP contribution < -0.4 is 5.32 Å². The molecule has 0 unspecified atom stereocenters. The van der Waals surface area contributed by atoms with Crippen molar-refractivity contribution < 1.29 is 18.7 Å². The predicted octanol–water partition coefficient (Wildman–Crippen LogP) is 5.19. The molecule has 5 rings (SSSR count). The van der Waals surface area contributed by atoms with Crippen LogP contribution in [-0.4, -0.2) is 16.9 Å². The Balaban J connectivity index is 1.15. The number of amides is 1. The summed E-state index contributed by atoms with van der Waals surface area (Å²) in [6, 6.07) is 21.7. The molecule has 0 aliphatic rings. The number of thiazole rings is 1. The molecule has 0 aliphatic heterocycles. The Morgan fingerprint density at radius 3 is 2.68 bits per heavy atom. The van der Waals surface area contributed by atoms with Crippen molar-refractivity contribution in [3.63, 3.8) is 0 Å². The minimum Gasteiger partial charge on any atom is -0.464 e. The van der Waals surface area contributed by atoms with E-state index in [9.17, 15) is 9.59 Å². The van der Waals surface area contributed by atoms with Gasteiger partial charge >= 0.3 is 5.97 Å². The van der Waals surface area contributed by atoms with E-state index in [1.54, 1.807) is 6.26 Å². The van der Waals surface area contributed by atoms with E-state index in [-0.39, 0.29) is 31.3 Å². The third-order valence-corrected chi connectivity index (χ3v) is 6.40. The van der Waals surface area contributed by atoms with E-state index in [0.29, 0.717) is 17.2 Å². The fourth-order valence-electron chi connectivity index (χ4n) is 3.86. The summed E-state index contributed by atoms with van der Waals surface area (Å²) in [5, 5.41) is 8.47. The van der Waals surface area contributed by atoms with E-state index >= 15 is 0 Å². The first-order valence-electron chi connectivity index (χ1n) is 10.9. The monoisotopic (exact) mass is 470 g/mol. The van der Waals surface area contributed by atoms with E-state index in [4.69, 9.17) is 9.15 Å². The van der Waals surface area contributed by atoms with Crippen molar-refractivity contribution in [3.8, 4) is 0 Å². The van der Waals surface area contributed by atoms with Gasteiger partial charge in [-0.1, -0.05) is 60.7 Å². The Morgan fingerprint density at radius 2 is 1.79 bits per heavy atom. The molecule has 0 radical (unpaired) electrons. The van der Waals surface area contributed by atoms with E-state index in [2.05, 4.69) is 10.3 Å². The van der Waals surface area contributed by atoms with Crippen molar-refractivity contribution in [2.24, 2.45) is 0 Å². The van der Waals surface area contributed by atoms with Crippen molar-refractivity contribution in [1.29, 1.82) is 0 Å². The largest absolute Gasteiger partial charge is 0.464 e. The molecule has 170 valence electrons. The number of fused-ring (bicyclic) bond motifs is 3. The Hall–Kier alpha value is -3.97. The lowest BCUT2D eigenvalue weighted by molar-refractivity contribution is -0.144. The van der Waals surface area contributed by atoms with Crippen LogP contribution in [0.25, 0.3) is 21.7 Å². The highest BCUT2D eigenvalue weighted by Crippen LogP contribution is 2.30. The Kier molecular flexibility index (Phi) is 6.35. The van der Waals surface area contributed by atoms with Crippen LogP contribution in [0.4, 0.5) is 0 Å². The summed E-state index contributed by atoms with van der Waals surface area (Å²) in [6.45, 7) is 0.547. The molecule has 0 saturated heterocycles. The predicted molar refractivity (Wildman–Crippen MR) is 131 cm³/mol. The number of hydrogen-bond donors (Lipinski definition) is 1. The molecular weight excluding hydrogens is 448 g/mol. The van der Waals surface area contributed by atoms with Gasteiger partial charge in [-0.2, -0.15) is 0 Å². The average molecular weight is 471 g/mol. The molecule has 0 atom stereocenters. The molecule has 34 heavy (non-hydrogen) atoms. The number of furan rings is 1. The molecule has 3 aromatic carbocycles. The van der Waals surface area contributed by atoms with Crippen molar-refractivity contribution in [2.75, 3.05) is 0 Å². The lowest BCUT2D eigenvalue weighted by atomic mass is 10.0. The third kappa shape index (κ3) is 5.00. The van der Waals surface area contributed by atoms with E-state index in [1.807, 2.05) is 72.1 Å². The van der Waals surface area contributed by atoms with Gasteiger partial charge in [0.15, 0.2) is 0 Å². The zero-order chi connectivity index (χ0) is 23.3. The number of nitrogens with zero attached hydrogens (tertiary/aromatic N) is 1. The number of benzene rings is 3. The SMILES string of the molecule is O=C(Cc1nc(COC(=O)Cc2coc3ccc4ccccc4c23)cs1)NCc1ccccc1. The Morgan fingerprint density at radius 1 is 0.971 bits per heavy atom. The van der Waals surface area contributed by atoms with E-state index in [0.717, 1.165) is 32.9 Å².